The molecule has 0 radical (unpaired) electrons. The van der Waals surface area contributed by atoms with Crippen LogP contribution in [0.1, 0.15) is 42.6 Å². The second-order valence-corrected chi connectivity index (χ2v) is 5.82. The van der Waals surface area contributed by atoms with E-state index in [1.807, 2.05) is 32.0 Å². The van der Waals surface area contributed by atoms with E-state index in [0.29, 0.717) is 19.1 Å². The number of Topliss-reactive ketones (excluding diaryl/α,β-unsaturated/α-hetero) is 1. The van der Waals surface area contributed by atoms with Crippen molar-refractivity contribution in [3.05, 3.63) is 29.3 Å². The van der Waals surface area contributed by atoms with E-state index < -0.39 is 0 Å². The molecule has 1 heterocycles. The molecule has 1 saturated heterocycles. The standard InChI is InChI=1S/C17H25NO2/c1-4-20-17-8-7-15(10-14(17)3)16(19)12-18-9-5-6-13(2)11-18/h7-8,10,13H,4-6,9,11-12H2,1-3H3. The van der Waals surface area contributed by atoms with E-state index in [-0.39, 0.29) is 5.78 Å². The van der Waals surface area contributed by atoms with Crippen LogP contribution < -0.4 is 4.74 Å². The average molecular weight is 275 g/mol. The molecule has 3 heteroatoms. The molecule has 1 unspecified atom stereocenters. The van der Waals surface area contributed by atoms with Crippen molar-refractivity contribution in [2.75, 3.05) is 26.2 Å². The van der Waals surface area contributed by atoms with Crippen LogP contribution in [0.5, 0.6) is 5.75 Å². The minimum Gasteiger partial charge on any atom is -0.494 e. The second kappa shape index (κ2) is 6.89. The van der Waals surface area contributed by atoms with Crippen molar-refractivity contribution in [3.63, 3.8) is 0 Å². The number of ketones is 1. The van der Waals surface area contributed by atoms with Gasteiger partial charge in [0.1, 0.15) is 5.75 Å². The molecule has 1 atom stereocenters. The first-order valence-electron chi connectivity index (χ1n) is 7.59. The molecule has 0 bridgehead atoms. The molecule has 1 aromatic rings. The molecule has 110 valence electrons. The molecule has 0 N–H and O–H groups in total. The van der Waals surface area contributed by atoms with E-state index in [1.165, 1.54) is 12.8 Å². The van der Waals surface area contributed by atoms with Crippen molar-refractivity contribution < 1.29 is 9.53 Å². The zero-order chi connectivity index (χ0) is 14.5. The van der Waals surface area contributed by atoms with Gasteiger partial charge in [0.2, 0.25) is 0 Å². The molecule has 1 fully saturated rings. The summed E-state index contributed by atoms with van der Waals surface area (Å²) in [6, 6.07) is 5.74. The van der Waals surface area contributed by atoms with Gasteiger partial charge in [0.15, 0.2) is 5.78 Å². The van der Waals surface area contributed by atoms with Gasteiger partial charge < -0.3 is 4.74 Å². The van der Waals surface area contributed by atoms with Crippen LogP contribution in [0.4, 0.5) is 0 Å². The number of ether oxygens (including phenoxy) is 1. The summed E-state index contributed by atoms with van der Waals surface area (Å²) in [6.45, 7) is 9.50. The summed E-state index contributed by atoms with van der Waals surface area (Å²) in [5, 5.41) is 0. The molecular formula is C17H25NO2. The topological polar surface area (TPSA) is 29.5 Å². The molecule has 2 rings (SSSR count). The van der Waals surface area contributed by atoms with Gasteiger partial charge >= 0.3 is 0 Å². The summed E-state index contributed by atoms with van der Waals surface area (Å²) in [5.41, 5.74) is 1.83. The van der Waals surface area contributed by atoms with Crippen molar-refractivity contribution in [2.24, 2.45) is 5.92 Å². The predicted molar refractivity (Wildman–Crippen MR) is 81.5 cm³/mol. The molecule has 3 nitrogen and oxygen atoms in total. The first kappa shape index (κ1) is 15.0. The maximum atomic E-state index is 12.4. The maximum absolute atomic E-state index is 12.4. The highest BCUT2D eigenvalue weighted by Crippen LogP contribution is 2.20. The van der Waals surface area contributed by atoms with Crippen molar-refractivity contribution in [1.29, 1.82) is 0 Å². The fourth-order valence-electron chi connectivity index (χ4n) is 2.86. The highest BCUT2D eigenvalue weighted by atomic mass is 16.5. The number of benzene rings is 1. The lowest BCUT2D eigenvalue weighted by Gasteiger charge is -2.30. The summed E-state index contributed by atoms with van der Waals surface area (Å²) < 4.78 is 5.51. The average Bonchev–Trinajstić information content (AvgIpc) is 2.41. The Morgan fingerprint density at radius 1 is 1.45 bits per heavy atom. The van der Waals surface area contributed by atoms with Crippen LogP contribution >= 0.6 is 0 Å². The Hall–Kier alpha value is -1.35. The number of carbonyl (C=O) groups is 1. The number of likely N-dealkylation sites (tertiary alicyclic amines) is 1. The number of rotatable bonds is 5. The van der Waals surface area contributed by atoms with Crippen LogP contribution in [0.2, 0.25) is 0 Å². The van der Waals surface area contributed by atoms with Gasteiger partial charge in [-0.25, -0.2) is 0 Å². The highest BCUT2D eigenvalue weighted by molar-refractivity contribution is 5.98. The number of hydrogen-bond acceptors (Lipinski definition) is 3. The van der Waals surface area contributed by atoms with Crippen LogP contribution in [-0.4, -0.2) is 36.9 Å². The van der Waals surface area contributed by atoms with E-state index in [2.05, 4.69) is 11.8 Å². The van der Waals surface area contributed by atoms with Gasteiger partial charge in [-0.3, -0.25) is 9.69 Å². The molecule has 0 aromatic heterocycles. The molecular weight excluding hydrogens is 250 g/mol. The smallest absolute Gasteiger partial charge is 0.176 e. The van der Waals surface area contributed by atoms with Crippen molar-refractivity contribution in [3.8, 4) is 5.75 Å². The zero-order valence-corrected chi connectivity index (χ0v) is 12.8. The lowest BCUT2D eigenvalue weighted by atomic mass is 9.99. The summed E-state index contributed by atoms with van der Waals surface area (Å²) in [7, 11) is 0. The Bertz CT molecular complexity index is 470. The SMILES string of the molecule is CCOc1ccc(C(=O)CN2CCCC(C)C2)cc1C. The van der Waals surface area contributed by atoms with Gasteiger partial charge in [0, 0.05) is 12.1 Å². The number of piperidine rings is 1. The lowest BCUT2D eigenvalue weighted by molar-refractivity contribution is 0.0893. The van der Waals surface area contributed by atoms with Gasteiger partial charge in [0.05, 0.1) is 13.2 Å². The van der Waals surface area contributed by atoms with E-state index >= 15 is 0 Å². The number of hydrogen-bond donors (Lipinski definition) is 0. The van der Waals surface area contributed by atoms with Crippen LogP contribution in [0.15, 0.2) is 18.2 Å². The Balaban J connectivity index is 2.00. The monoisotopic (exact) mass is 275 g/mol. The summed E-state index contributed by atoms with van der Waals surface area (Å²) in [4.78, 5) is 14.6. The fraction of sp³-hybridized carbons (Fsp3) is 0.588. The number of aryl methyl sites for hydroxylation is 1. The third kappa shape index (κ3) is 3.83. The summed E-state index contributed by atoms with van der Waals surface area (Å²) in [6.07, 6.45) is 2.49. The van der Waals surface area contributed by atoms with E-state index in [0.717, 1.165) is 30.0 Å². The van der Waals surface area contributed by atoms with Gasteiger partial charge in [0.25, 0.3) is 0 Å². The molecule has 0 saturated carbocycles. The fourth-order valence-corrected chi connectivity index (χ4v) is 2.86. The molecule has 1 aliphatic heterocycles. The van der Waals surface area contributed by atoms with Gasteiger partial charge in [-0.05, 0) is 62.9 Å². The third-order valence-electron chi connectivity index (χ3n) is 3.91. The van der Waals surface area contributed by atoms with Crippen LogP contribution in [0, 0.1) is 12.8 Å². The van der Waals surface area contributed by atoms with Crippen LogP contribution in [0.3, 0.4) is 0 Å². The van der Waals surface area contributed by atoms with E-state index in [9.17, 15) is 4.79 Å². The minimum absolute atomic E-state index is 0.213. The van der Waals surface area contributed by atoms with Crippen LogP contribution in [0.25, 0.3) is 0 Å². The molecule has 1 aliphatic rings. The molecule has 0 aliphatic carbocycles. The zero-order valence-electron chi connectivity index (χ0n) is 12.8. The Labute approximate surface area is 121 Å². The lowest BCUT2D eigenvalue weighted by Crippen LogP contribution is -2.37. The largest absolute Gasteiger partial charge is 0.494 e. The van der Waals surface area contributed by atoms with E-state index in [4.69, 9.17) is 4.74 Å². The first-order chi connectivity index (χ1) is 9.60. The van der Waals surface area contributed by atoms with E-state index in [1.54, 1.807) is 0 Å². The first-order valence-corrected chi connectivity index (χ1v) is 7.59. The highest BCUT2D eigenvalue weighted by Gasteiger charge is 2.19. The van der Waals surface area contributed by atoms with Gasteiger partial charge in [-0.1, -0.05) is 6.92 Å². The Kier molecular flexibility index (Phi) is 5.18. The van der Waals surface area contributed by atoms with Gasteiger partial charge in [-0.15, -0.1) is 0 Å². The van der Waals surface area contributed by atoms with Crippen molar-refractivity contribution in [2.45, 2.75) is 33.6 Å². The Morgan fingerprint density at radius 2 is 2.25 bits per heavy atom. The minimum atomic E-state index is 0.213. The Morgan fingerprint density at radius 3 is 2.90 bits per heavy atom. The maximum Gasteiger partial charge on any atom is 0.176 e. The van der Waals surface area contributed by atoms with Crippen molar-refractivity contribution >= 4 is 5.78 Å². The normalized spacial score (nSPS) is 19.9. The summed E-state index contributed by atoms with van der Waals surface area (Å²) in [5.74, 6) is 1.79. The molecule has 20 heavy (non-hydrogen) atoms. The third-order valence-corrected chi connectivity index (χ3v) is 3.91. The molecule has 1 aromatic carbocycles. The number of nitrogens with zero attached hydrogens (tertiary/aromatic N) is 1. The molecule has 0 spiro atoms. The molecule has 0 amide bonds. The summed E-state index contributed by atoms with van der Waals surface area (Å²) >= 11 is 0. The van der Waals surface area contributed by atoms with Crippen molar-refractivity contribution in [1.82, 2.24) is 4.90 Å². The number of carbonyl (C=O) groups excluding carboxylic acids is 1. The second-order valence-electron chi connectivity index (χ2n) is 5.82. The van der Waals surface area contributed by atoms with Crippen LogP contribution in [-0.2, 0) is 0 Å². The quantitative estimate of drug-likeness (QED) is 0.772. The van der Waals surface area contributed by atoms with Gasteiger partial charge in [-0.2, -0.15) is 0 Å². The predicted octanol–water partition coefficient (Wildman–Crippen LogP) is 3.31.